The molecule has 118 valence electrons. The monoisotopic (exact) mass is 307 g/mol. The Morgan fingerprint density at radius 3 is 2.48 bits per heavy atom. The molecule has 0 radical (unpaired) electrons. The van der Waals surface area contributed by atoms with Crippen LogP contribution in [-0.2, 0) is 6.54 Å². The molecule has 1 aromatic heterocycles. The highest BCUT2D eigenvalue weighted by Gasteiger charge is 2.17. The fraction of sp³-hybridized carbons (Fsp3) is 0.250. The maximum atomic E-state index is 12.4. The second kappa shape index (κ2) is 6.69. The van der Waals surface area contributed by atoms with E-state index in [9.17, 15) is 4.79 Å². The molecule has 0 aliphatic heterocycles. The minimum atomic E-state index is -0.00479. The lowest BCUT2D eigenvalue weighted by molar-refractivity contribution is 0.0941. The number of fused-ring (bicyclic) bond motifs is 1. The van der Waals surface area contributed by atoms with E-state index < -0.39 is 0 Å². The normalized spacial score (nSPS) is 11.1. The van der Waals surface area contributed by atoms with E-state index in [1.807, 2.05) is 68.6 Å². The zero-order valence-electron chi connectivity index (χ0n) is 13.5. The number of ketones is 1. The molecule has 0 unspecified atom stereocenters. The van der Waals surface area contributed by atoms with Gasteiger partial charge in [-0.15, -0.1) is 0 Å². The van der Waals surface area contributed by atoms with Crippen molar-refractivity contribution in [2.75, 3.05) is 6.61 Å². The van der Waals surface area contributed by atoms with Crippen LogP contribution in [0.15, 0.2) is 60.8 Å². The molecule has 23 heavy (non-hydrogen) atoms. The highest BCUT2D eigenvalue weighted by molar-refractivity contribution is 6.08. The molecule has 0 saturated carbocycles. The van der Waals surface area contributed by atoms with Gasteiger partial charge in [-0.05, 0) is 18.2 Å². The molecule has 1 heterocycles. The number of carbonyl (C=O) groups excluding carboxylic acids is 1. The highest BCUT2D eigenvalue weighted by atomic mass is 16.5. The first-order chi connectivity index (χ1) is 11.2. The topological polar surface area (TPSA) is 31.2 Å². The van der Waals surface area contributed by atoms with E-state index in [2.05, 4.69) is 10.6 Å². The van der Waals surface area contributed by atoms with E-state index in [1.165, 1.54) is 0 Å². The van der Waals surface area contributed by atoms with Crippen LogP contribution in [0.2, 0.25) is 0 Å². The van der Waals surface area contributed by atoms with Gasteiger partial charge in [-0.3, -0.25) is 4.79 Å². The summed E-state index contributed by atoms with van der Waals surface area (Å²) in [7, 11) is 0. The maximum absolute atomic E-state index is 12.4. The van der Waals surface area contributed by atoms with Gasteiger partial charge in [0.1, 0.15) is 12.4 Å². The van der Waals surface area contributed by atoms with Gasteiger partial charge in [-0.25, -0.2) is 0 Å². The lowest BCUT2D eigenvalue weighted by Gasteiger charge is -2.08. The third-order valence-corrected chi connectivity index (χ3v) is 3.92. The number of Topliss-reactive ketones (excluding diaryl/α,β-unsaturated/α-hetero) is 1. The second-order valence-electron chi connectivity index (χ2n) is 5.93. The summed E-state index contributed by atoms with van der Waals surface area (Å²) in [6, 6.07) is 17.8. The summed E-state index contributed by atoms with van der Waals surface area (Å²) in [4.78, 5) is 12.4. The average molecular weight is 307 g/mol. The average Bonchev–Trinajstić information content (AvgIpc) is 2.94. The minimum absolute atomic E-state index is 0.00479. The molecular weight excluding hydrogens is 286 g/mol. The molecule has 3 rings (SSSR count). The van der Waals surface area contributed by atoms with Crippen molar-refractivity contribution >= 4 is 16.7 Å². The number of para-hydroxylation sites is 2. The second-order valence-corrected chi connectivity index (χ2v) is 5.93. The van der Waals surface area contributed by atoms with Crippen molar-refractivity contribution in [3.63, 3.8) is 0 Å². The largest absolute Gasteiger partial charge is 0.492 e. The van der Waals surface area contributed by atoms with E-state index in [-0.39, 0.29) is 11.7 Å². The van der Waals surface area contributed by atoms with Crippen molar-refractivity contribution in [2.45, 2.75) is 20.4 Å². The minimum Gasteiger partial charge on any atom is -0.492 e. The van der Waals surface area contributed by atoms with Crippen LogP contribution in [0.1, 0.15) is 24.2 Å². The zero-order valence-corrected chi connectivity index (χ0v) is 13.5. The standard InChI is InChI=1S/C20H21NO2/c1-15(2)20(22)18-14-21(19-11-7-6-10-17(18)19)12-13-23-16-8-4-3-5-9-16/h3-11,14-15H,12-13H2,1-2H3. The van der Waals surface area contributed by atoms with Gasteiger partial charge in [-0.1, -0.05) is 50.2 Å². The molecule has 0 bridgehead atoms. The van der Waals surface area contributed by atoms with Crippen molar-refractivity contribution in [2.24, 2.45) is 5.92 Å². The first-order valence-electron chi connectivity index (χ1n) is 7.97. The lowest BCUT2D eigenvalue weighted by atomic mass is 10.0. The van der Waals surface area contributed by atoms with E-state index >= 15 is 0 Å². The number of ether oxygens (including phenoxy) is 1. The van der Waals surface area contributed by atoms with Gasteiger partial charge in [0.2, 0.25) is 0 Å². The van der Waals surface area contributed by atoms with Crippen molar-refractivity contribution in [1.29, 1.82) is 0 Å². The van der Waals surface area contributed by atoms with Crippen LogP contribution in [-0.4, -0.2) is 17.0 Å². The predicted octanol–water partition coefficient (Wildman–Crippen LogP) is 4.56. The Morgan fingerprint density at radius 1 is 1.04 bits per heavy atom. The fourth-order valence-corrected chi connectivity index (χ4v) is 2.72. The number of nitrogens with zero attached hydrogens (tertiary/aromatic N) is 1. The van der Waals surface area contributed by atoms with Crippen LogP contribution in [0.25, 0.3) is 10.9 Å². The van der Waals surface area contributed by atoms with Crippen LogP contribution in [0.4, 0.5) is 0 Å². The number of hydrogen-bond acceptors (Lipinski definition) is 2. The van der Waals surface area contributed by atoms with Crippen molar-refractivity contribution in [3.8, 4) is 5.75 Å². The molecule has 0 N–H and O–H groups in total. The molecule has 3 aromatic rings. The summed E-state index contributed by atoms with van der Waals surface area (Å²) in [6.45, 7) is 5.15. The maximum Gasteiger partial charge on any atom is 0.167 e. The Hall–Kier alpha value is -2.55. The van der Waals surface area contributed by atoms with Gasteiger partial charge in [0, 0.05) is 28.6 Å². The molecule has 0 atom stereocenters. The number of aromatic nitrogens is 1. The number of hydrogen-bond donors (Lipinski definition) is 0. The predicted molar refractivity (Wildman–Crippen MR) is 93.0 cm³/mol. The van der Waals surface area contributed by atoms with Crippen molar-refractivity contribution in [1.82, 2.24) is 4.57 Å². The van der Waals surface area contributed by atoms with E-state index in [1.54, 1.807) is 0 Å². The summed E-state index contributed by atoms with van der Waals surface area (Å²) < 4.78 is 7.88. The fourth-order valence-electron chi connectivity index (χ4n) is 2.72. The molecule has 0 amide bonds. The van der Waals surface area contributed by atoms with Gasteiger partial charge < -0.3 is 9.30 Å². The first kappa shape index (κ1) is 15.3. The molecule has 0 saturated heterocycles. The summed E-state index contributed by atoms with van der Waals surface area (Å²) in [5.74, 6) is 1.04. The van der Waals surface area contributed by atoms with Crippen LogP contribution >= 0.6 is 0 Å². The molecule has 0 fully saturated rings. The Morgan fingerprint density at radius 2 is 1.74 bits per heavy atom. The zero-order chi connectivity index (χ0) is 16.2. The summed E-state index contributed by atoms with van der Waals surface area (Å²) >= 11 is 0. The Balaban J connectivity index is 1.82. The van der Waals surface area contributed by atoms with Crippen LogP contribution in [0.5, 0.6) is 5.75 Å². The molecule has 0 aliphatic carbocycles. The highest BCUT2D eigenvalue weighted by Crippen LogP contribution is 2.24. The Kier molecular flexibility index (Phi) is 4.47. The summed E-state index contributed by atoms with van der Waals surface area (Å²) in [6.07, 6.45) is 1.96. The molecule has 0 aliphatic rings. The van der Waals surface area contributed by atoms with Crippen molar-refractivity contribution in [3.05, 3.63) is 66.4 Å². The van der Waals surface area contributed by atoms with E-state index in [0.29, 0.717) is 13.2 Å². The lowest BCUT2D eigenvalue weighted by Crippen LogP contribution is -2.08. The van der Waals surface area contributed by atoms with Crippen LogP contribution in [0, 0.1) is 5.92 Å². The van der Waals surface area contributed by atoms with E-state index in [4.69, 9.17) is 4.74 Å². The quantitative estimate of drug-likeness (QED) is 0.625. The van der Waals surface area contributed by atoms with Gasteiger partial charge >= 0.3 is 0 Å². The van der Waals surface area contributed by atoms with Crippen molar-refractivity contribution < 1.29 is 9.53 Å². The third kappa shape index (κ3) is 3.29. The van der Waals surface area contributed by atoms with Gasteiger partial charge in [0.05, 0.1) is 6.54 Å². The Bertz CT molecular complexity index is 803. The van der Waals surface area contributed by atoms with Crippen LogP contribution in [0.3, 0.4) is 0 Å². The number of carbonyl (C=O) groups is 1. The molecule has 2 aromatic carbocycles. The third-order valence-electron chi connectivity index (χ3n) is 3.92. The molecule has 0 spiro atoms. The number of benzene rings is 2. The smallest absolute Gasteiger partial charge is 0.167 e. The van der Waals surface area contributed by atoms with Gasteiger partial charge in [0.15, 0.2) is 5.78 Å². The van der Waals surface area contributed by atoms with Gasteiger partial charge in [0.25, 0.3) is 0 Å². The Labute approximate surface area is 136 Å². The molecule has 3 nitrogen and oxygen atoms in total. The summed E-state index contributed by atoms with van der Waals surface area (Å²) in [5, 5.41) is 1.02. The number of rotatable bonds is 6. The SMILES string of the molecule is CC(C)C(=O)c1cn(CCOc2ccccc2)c2ccccc12. The van der Waals surface area contributed by atoms with E-state index in [0.717, 1.165) is 22.2 Å². The van der Waals surface area contributed by atoms with Gasteiger partial charge in [-0.2, -0.15) is 0 Å². The molecule has 3 heteroatoms. The molecular formula is C20H21NO2. The first-order valence-corrected chi connectivity index (χ1v) is 7.97. The van der Waals surface area contributed by atoms with Crippen LogP contribution < -0.4 is 4.74 Å². The summed E-state index contributed by atoms with van der Waals surface area (Å²) in [5.41, 5.74) is 1.88.